The molecule has 0 fully saturated rings. The van der Waals surface area contributed by atoms with Crippen molar-refractivity contribution < 1.29 is 43.0 Å². The van der Waals surface area contributed by atoms with E-state index in [0.29, 0.717) is 19.3 Å². The minimum absolute atomic E-state index is 0.194. The Morgan fingerprint density at radius 2 is 1.22 bits per heavy atom. The van der Waals surface area contributed by atoms with Crippen molar-refractivity contribution in [1.82, 2.24) is 0 Å². The standard InChI is InChI=1S/C36H65O9P/c1-3-5-7-9-11-12-13-14-15-17-21-26-30-36(39)45-34(32-44-46(40,41)42)31-43-35(38)29-25-22-18-20-24-28-33(37)27-23-19-16-10-8-6-4-2/h6,8,16,19,23,27,33-34,37H,3-5,7,9-15,17-18,20-22,24-26,28-32H2,1-2H3,(H2,40,41,42)/b8-6+,19-16+,27-23+/t33?,34-/m1/s1. The van der Waals surface area contributed by atoms with E-state index in [9.17, 15) is 19.3 Å². The minimum Gasteiger partial charge on any atom is -0.462 e. The Balaban J connectivity index is 4.08. The first kappa shape index (κ1) is 44.2. The van der Waals surface area contributed by atoms with Crippen LogP contribution in [0.4, 0.5) is 0 Å². The molecule has 0 saturated heterocycles. The van der Waals surface area contributed by atoms with E-state index in [2.05, 4.69) is 30.5 Å². The topological polar surface area (TPSA) is 140 Å². The fourth-order valence-corrected chi connectivity index (χ4v) is 5.21. The Hall–Kier alpha value is -1.77. The average molecular weight is 673 g/mol. The van der Waals surface area contributed by atoms with Crippen molar-refractivity contribution in [3.8, 4) is 0 Å². The van der Waals surface area contributed by atoms with Gasteiger partial charge in [0.05, 0.1) is 12.7 Å². The van der Waals surface area contributed by atoms with Crippen LogP contribution >= 0.6 is 7.82 Å². The molecule has 3 N–H and O–H groups in total. The molecule has 0 spiro atoms. The summed E-state index contributed by atoms with van der Waals surface area (Å²) < 4.78 is 26.2. The quantitative estimate of drug-likeness (QED) is 0.0210. The van der Waals surface area contributed by atoms with Crippen LogP contribution in [0.3, 0.4) is 0 Å². The van der Waals surface area contributed by atoms with Crippen molar-refractivity contribution in [2.24, 2.45) is 0 Å². The van der Waals surface area contributed by atoms with Crippen molar-refractivity contribution in [3.05, 3.63) is 36.5 Å². The van der Waals surface area contributed by atoms with Gasteiger partial charge in [-0.2, -0.15) is 0 Å². The summed E-state index contributed by atoms with van der Waals surface area (Å²) in [5, 5.41) is 10.0. The molecule has 0 rings (SSSR count). The highest BCUT2D eigenvalue weighted by Gasteiger charge is 2.22. The number of aliphatic hydroxyl groups excluding tert-OH is 1. The number of esters is 2. The minimum atomic E-state index is -4.77. The van der Waals surface area contributed by atoms with Crippen LogP contribution in [-0.4, -0.2) is 52.3 Å². The van der Waals surface area contributed by atoms with Crippen molar-refractivity contribution in [3.63, 3.8) is 0 Å². The molecule has 0 bridgehead atoms. The first-order chi connectivity index (χ1) is 22.2. The third-order valence-electron chi connectivity index (χ3n) is 7.53. The summed E-state index contributed by atoms with van der Waals surface area (Å²) in [4.78, 5) is 42.6. The van der Waals surface area contributed by atoms with Crippen LogP contribution in [0, 0.1) is 0 Å². The lowest BCUT2D eigenvalue weighted by Crippen LogP contribution is -2.29. The number of rotatable bonds is 32. The second kappa shape index (κ2) is 31.8. The molecular weight excluding hydrogens is 607 g/mol. The fraction of sp³-hybridized carbons (Fsp3) is 0.778. The summed E-state index contributed by atoms with van der Waals surface area (Å²) in [7, 11) is -4.77. The van der Waals surface area contributed by atoms with E-state index in [4.69, 9.17) is 19.3 Å². The molecule has 0 aromatic carbocycles. The van der Waals surface area contributed by atoms with Crippen molar-refractivity contribution >= 4 is 19.8 Å². The van der Waals surface area contributed by atoms with Gasteiger partial charge in [-0.3, -0.25) is 14.1 Å². The predicted octanol–water partition coefficient (Wildman–Crippen LogP) is 9.20. The van der Waals surface area contributed by atoms with Crippen LogP contribution in [0.15, 0.2) is 36.5 Å². The summed E-state index contributed by atoms with van der Waals surface area (Å²) in [6.07, 6.45) is 31.7. The Labute approximate surface area is 279 Å². The second-order valence-corrected chi connectivity index (χ2v) is 13.3. The molecule has 2 atom stereocenters. The maximum atomic E-state index is 12.3. The number of carbonyl (C=O) groups excluding carboxylic acids is 2. The molecule has 0 aliphatic rings. The van der Waals surface area contributed by atoms with Crippen LogP contribution in [0.25, 0.3) is 0 Å². The molecule has 9 nitrogen and oxygen atoms in total. The molecule has 0 aromatic heterocycles. The van der Waals surface area contributed by atoms with Gasteiger partial charge < -0.3 is 24.4 Å². The zero-order valence-electron chi connectivity index (χ0n) is 28.8. The first-order valence-corrected chi connectivity index (χ1v) is 19.4. The SMILES string of the molecule is CC/C=C/C/C=C/C=C/C(O)CCCCCCCC(=O)OC[C@H](COP(=O)(O)O)OC(=O)CCCCCCCCCCCCCC. The van der Waals surface area contributed by atoms with Crippen molar-refractivity contribution in [2.75, 3.05) is 13.2 Å². The Bertz CT molecular complexity index is 866. The number of aliphatic hydroxyl groups is 1. The lowest BCUT2D eigenvalue weighted by atomic mass is 10.0. The van der Waals surface area contributed by atoms with E-state index >= 15 is 0 Å². The van der Waals surface area contributed by atoms with Crippen molar-refractivity contribution in [1.29, 1.82) is 0 Å². The molecule has 0 radical (unpaired) electrons. The summed E-state index contributed by atoms with van der Waals surface area (Å²) in [6, 6.07) is 0. The van der Waals surface area contributed by atoms with Crippen LogP contribution < -0.4 is 0 Å². The molecular formula is C36H65O9P. The Morgan fingerprint density at radius 1 is 0.674 bits per heavy atom. The van der Waals surface area contributed by atoms with E-state index in [1.807, 2.05) is 18.2 Å². The number of phosphoric ester groups is 1. The molecule has 268 valence electrons. The molecule has 1 unspecified atom stereocenters. The van der Waals surface area contributed by atoms with E-state index in [-0.39, 0.29) is 19.4 Å². The molecule has 0 amide bonds. The van der Waals surface area contributed by atoms with Crippen LogP contribution in [0.1, 0.15) is 155 Å². The molecule has 10 heteroatoms. The molecule has 0 aliphatic heterocycles. The molecule has 46 heavy (non-hydrogen) atoms. The number of allylic oxidation sites excluding steroid dienone is 5. The Morgan fingerprint density at radius 3 is 1.78 bits per heavy atom. The van der Waals surface area contributed by atoms with E-state index in [0.717, 1.165) is 57.8 Å². The van der Waals surface area contributed by atoms with Crippen LogP contribution in [0.5, 0.6) is 0 Å². The maximum absolute atomic E-state index is 12.3. The average Bonchev–Trinajstić information content (AvgIpc) is 3.01. The van der Waals surface area contributed by atoms with Gasteiger partial charge in [-0.15, -0.1) is 0 Å². The van der Waals surface area contributed by atoms with E-state index in [1.165, 1.54) is 51.4 Å². The number of hydrogen-bond acceptors (Lipinski definition) is 7. The van der Waals surface area contributed by atoms with Crippen LogP contribution in [0.2, 0.25) is 0 Å². The normalized spacial score (nSPS) is 13.6. The van der Waals surface area contributed by atoms with Gasteiger partial charge in [-0.1, -0.05) is 147 Å². The third kappa shape index (κ3) is 33.6. The van der Waals surface area contributed by atoms with Gasteiger partial charge in [0.25, 0.3) is 0 Å². The molecule has 0 heterocycles. The molecule has 0 saturated carbocycles. The first-order valence-electron chi connectivity index (χ1n) is 17.9. The van der Waals surface area contributed by atoms with Crippen molar-refractivity contribution in [2.45, 2.75) is 167 Å². The number of phosphoric acid groups is 1. The summed E-state index contributed by atoms with van der Waals surface area (Å²) >= 11 is 0. The number of unbranched alkanes of at least 4 members (excludes halogenated alkanes) is 15. The second-order valence-electron chi connectivity index (χ2n) is 12.0. The zero-order valence-corrected chi connectivity index (χ0v) is 29.7. The van der Waals surface area contributed by atoms with Gasteiger partial charge in [0.1, 0.15) is 6.61 Å². The van der Waals surface area contributed by atoms with Gasteiger partial charge in [-0.25, -0.2) is 4.57 Å². The number of hydrogen-bond donors (Lipinski definition) is 3. The highest BCUT2D eigenvalue weighted by molar-refractivity contribution is 7.46. The lowest BCUT2D eigenvalue weighted by molar-refractivity contribution is -0.161. The summed E-state index contributed by atoms with van der Waals surface area (Å²) in [5.41, 5.74) is 0. The fourth-order valence-electron chi connectivity index (χ4n) is 4.85. The third-order valence-corrected chi connectivity index (χ3v) is 8.01. The summed E-state index contributed by atoms with van der Waals surface area (Å²) in [6.45, 7) is 3.45. The van der Waals surface area contributed by atoms with Gasteiger partial charge in [-0.05, 0) is 32.1 Å². The predicted molar refractivity (Wildman–Crippen MR) is 185 cm³/mol. The number of ether oxygens (including phenoxy) is 2. The largest absolute Gasteiger partial charge is 0.469 e. The highest BCUT2D eigenvalue weighted by atomic mass is 31.2. The monoisotopic (exact) mass is 672 g/mol. The smallest absolute Gasteiger partial charge is 0.462 e. The maximum Gasteiger partial charge on any atom is 0.469 e. The van der Waals surface area contributed by atoms with Gasteiger partial charge in [0.2, 0.25) is 0 Å². The lowest BCUT2D eigenvalue weighted by Gasteiger charge is -2.18. The highest BCUT2D eigenvalue weighted by Crippen LogP contribution is 2.36. The van der Waals surface area contributed by atoms with E-state index in [1.54, 1.807) is 6.08 Å². The van der Waals surface area contributed by atoms with Gasteiger partial charge in [0.15, 0.2) is 6.10 Å². The number of carbonyl (C=O) groups is 2. The van der Waals surface area contributed by atoms with Crippen LogP contribution in [-0.2, 0) is 28.2 Å². The molecule has 0 aliphatic carbocycles. The Kier molecular flexibility index (Phi) is 30.6. The van der Waals surface area contributed by atoms with Gasteiger partial charge in [0, 0.05) is 12.8 Å². The molecule has 0 aromatic rings. The summed E-state index contributed by atoms with van der Waals surface area (Å²) in [5.74, 6) is -0.962. The zero-order chi connectivity index (χ0) is 34.1. The van der Waals surface area contributed by atoms with E-state index < -0.39 is 38.6 Å². The van der Waals surface area contributed by atoms with Gasteiger partial charge >= 0.3 is 19.8 Å².